The quantitative estimate of drug-likeness (QED) is 0.654. The first-order valence-electron chi connectivity index (χ1n) is 6.27. The molecule has 6 nitrogen and oxygen atoms in total. The summed E-state index contributed by atoms with van der Waals surface area (Å²) < 4.78 is 10.6. The van der Waals surface area contributed by atoms with Gasteiger partial charge in [0.2, 0.25) is 5.75 Å². The Labute approximate surface area is 108 Å². The predicted octanol–water partition coefficient (Wildman–Crippen LogP) is 1.76. The number of aromatic nitrogens is 2. The SMILES string of the molecule is CCNc1ncnc(NCCCOCC)c1OC. The van der Waals surface area contributed by atoms with E-state index in [0.29, 0.717) is 17.4 Å². The Kier molecular flexibility index (Phi) is 6.86. The monoisotopic (exact) mass is 254 g/mol. The molecule has 0 bridgehead atoms. The first kappa shape index (κ1) is 14.5. The topological polar surface area (TPSA) is 68.3 Å². The summed E-state index contributed by atoms with van der Waals surface area (Å²) in [7, 11) is 1.62. The Hall–Kier alpha value is -1.56. The van der Waals surface area contributed by atoms with E-state index in [0.717, 1.165) is 32.7 Å². The Bertz CT molecular complexity index is 347. The smallest absolute Gasteiger partial charge is 0.204 e. The summed E-state index contributed by atoms with van der Waals surface area (Å²) in [5.74, 6) is 2.07. The van der Waals surface area contributed by atoms with Crippen LogP contribution in [0.15, 0.2) is 6.33 Å². The zero-order valence-corrected chi connectivity index (χ0v) is 11.3. The van der Waals surface area contributed by atoms with Crippen LogP contribution in [0.4, 0.5) is 11.6 Å². The van der Waals surface area contributed by atoms with Crippen LogP contribution in [0.1, 0.15) is 20.3 Å². The molecule has 0 spiro atoms. The minimum absolute atomic E-state index is 0.649. The Morgan fingerprint density at radius 3 is 2.50 bits per heavy atom. The fourth-order valence-electron chi connectivity index (χ4n) is 1.51. The number of ether oxygens (including phenoxy) is 2. The number of hydrogen-bond donors (Lipinski definition) is 2. The maximum atomic E-state index is 5.33. The van der Waals surface area contributed by atoms with Crippen molar-refractivity contribution in [3.63, 3.8) is 0 Å². The number of methoxy groups -OCH3 is 1. The van der Waals surface area contributed by atoms with Crippen LogP contribution in [0.2, 0.25) is 0 Å². The summed E-state index contributed by atoms with van der Waals surface area (Å²) >= 11 is 0. The molecule has 0 atom stereocenters. The molecule has 0 fully saturated rings. The second kappa shape index (κ2) is 8.52. The average Bonchev–Trinajstić information content (AvgIpc) is 2.39. The maximum absolute atomic E-state index is 5.33. The lowest BCUT2D eigenvalue weighted by Gasteiger charge is -2.13. The van der Waals surface area contributed by atoms with Crippen LogP contribution >= 0.6 is 0 Å². The van der Waals surface area contributed by atoms with Gasteiger partial charge in [-0.05, 0) is 20.3 Å². The number of nitrogens with one attached hydrogen (secondary N) is 2. The predicted molar refractivity (Wildman–Crippen MR) is 72.3 cm³/mol. The molecule has 0 amide bonds. The van der Waals surface area contributed by atoms with Crippen molar-refractivity contribution in [3.05, 3.63) is 6.33 Å². The molecule has 0 saturated heterocycles. The Morgan fingerprint density at radius 2 is 1.89 bits per heavy atom. The first-order valence-corrected chi connectivity index (χ1v) is 6.27. The van der Waals surface area contributed by atoms with Crippen LogP contribution in [-0.2, 0) is 4.74 Å². The summed E-state index contributed by atoms with van der Waals surface area (Å²) in [4.78, 5) is 8.33. The second-order valence-corrected chi connectivity index (χ2v) is 3.61. The van der Waals surface area contributed by atoms with E-state index >= 15 is 0 Å². The van der Waals surface area contributed by atoms with Gasteiger partial charge in [-0.25, -0.2) is 9.97 Å². The van der Waals surface area contributed by atoms with Gasteiger partial charge in [-0.3, -0.25) is 0 Å². The number of hydrogen-bond acceptors (Lipinski definition) is 6. The van der Waals surface area contributed by atoms with E-state index in [4.69, 9.17) is 9.47 Å². The van der Waals surface area contributed by atoms with Gasteiger partial charge in [0.25, 0.3) is 0 Å². The van der Waals surface area contributed by atoms with Crippen molar-refractivity contribution >= 4 is 11.6 Å². The van der Waals surface area contributed by atoms with E-state index in [1.165, 1.54) is 6.33 Å². The molecule has 1 aromatic rings. The molecule has 1 heterocycles. The number of nitrogens with zero attached hydrogens (tertiary/aromatic N) is 2. The lowest BCUT2D eigenvalue weighted by atomic mass is 10.4. The van der Waals surface area contributed by atoms with Crippen molar-refractivity contribution in [1.82, 2.24) is 9.97 Å². The van der Waals surface area contributed by atoms with Crippen molar-refractivity contribution in [3.8, 4) is 5.75 Å². The molecule has 0 aliphatic carbocycles. The summed E-state index contributed by atoms with van der Waals surface area (Å²) in [5.41, 5.74) is 0. The first-order chi connectivity index (χ1) is 8.83. The van der Waals surface area contributed by atoms with Gasteiger partial charge in [-0.15, -0.1) is 0 Å². The molecule has 0 aliphatic heterocycles. The highest BCUT2D eigenvalue weighted by Crippen LogP contribution is 2.28. The standard InChI is InChI=1S/C12H22N4O2/c1-4-13-11-10(17-3)12(16-9-15-11)14-7-6-8-18-5-2/h9H,4-8H2,1-3H3,(H2,13,14,15,16). The fraction of sp³-hybridized carbons (Fsp3) is 0.667. The van der Waals surface area contributed by atoms with Crippen LogP contribution < -0.4 is 15.4 Å². The zero-order chi connectivity index (χ0) is 13.2. The van der Waals surface area contributed by atoms with E-state index in [9.17, 15) is 0 Å². The molecule has 0 unspecified atom stereocenters. The van der Waals surface area contributed by atoms with Crippen LogP contribution in [-0.4, -0.2) is 43.4 Å². The van der Waals surface area contributed by atoms with E-state index in [-0.39, 0.29) is 0 Å². The Balaban J connectivity index is 2.55. The normalized spacial score (nSPS) is 10.2. The van der Waals surface area contributed by atoms with Gasteiger partial charge >= 0.3 is 0 Å². The maximum Gasteiger partial charge on any atom is 0.204 e. The van der Waals surface area contributed by atoms with Crippen molar-refractivity contribution in [2.24, 2.45) is 0 Å². The molecule has 18 heavy (non-hydrogen) atoms. The third-order valence-corrected chi connectivity index (χ3v) is 2.31. The van der Waals surface area contributed by atoms with Gasteiger partial charge in [0.1, 0.15) is 6.33 Å². The number of anilines is 2. The minimum atomic E-state index is 0.649. The van der Waals surface area contributed by atoms with E-state index < -0.39 is 0 Å². The Morgan fingerprint density at radius 1 is 1.17 bits per heavy atom. The summed E-state index contributed by atoms with van der Waals surface area (Å²) in [6.45, 7) is 7.08. The molecule has 0 saturated carbocycles. The highest BCUT2D eigenvalue weighted by molar-refractivity contribution is 5.63. The van der Waals surface area contributed by atoms with Crippen molar-refractivity contribution < 1.29 is 9.47 Å². The molecular weight excluding hydrogens is 232 g/mol. The van der Waals surface area contributed by atoms with E-state index in [1.54, 1.807) is 7.11 Å². The molecule has 1 rings (SSSR count). The highest BCUT2D eigenvalue weighted by atomic mass is 16.5. The van der Waals surface area contributed by atoms with Gasteiger partial charge in [0, 0.05) is 26.3 Å². The van der Waals surface area contributed by atoms with Crippen molar-refractivity contribution in [2.75, 3.05) is 44.0 Å². The molecule has 0 aromatic carbocycles. The fourth-order valence-corrected chi connectivity index (χ4v) is 1.51. The lowest BCUT2D eigenvalue weighted by molar-refractivity contribution is 0.147. The zero-order valence-electron chi connectivity index (χ0n) is 11.3. The van der Waals surface area contributed by atoms with Gasteiger partial charge in [-0.2, -0.15) is 0 Å². The number of rotatable bonds is 9. The molecule has 102 valence electrons. The second-order valence-electron chi connectivity index (χ2n) is 3.61. The minimum Gasteiger partial charge on any atom is -0.490 e. The summed E-state index contributed by atoms with van der Waals surface area (Å²) in [6.07, 6.45) is 2.45. The third kappa shape index (κ3) is 4.37. The molecule has 1 aromatic heterocycles. The van der Waals surface area contributed by atoms with Crippen LogP contribution in [0.25, 0.3) is 0 Å². The molecule has 0 radical (unpaired) electrons. The molecule has 0 aliphatic rings. The largest absolute Gasteiger partial charge is 0.490 e. The van der Waals surface area contributed by atoms with Crippen LogP contribution in [0, 0.1) is 0 Å². The van der Waals surface area contributed by atoms with Crippen LogP contribution in [0.3, 0.4) is 0 Å². The van der Waals surface area contributed by atoms with Gasteiger partial charge < -0.3 is 20.1 Å². The highest BCUT2D eigenvalue weighted by Gasteiger charge is 2.10. The van der Waals surface area contributed by atoms with E-state index in [1.807, 2.05) is 13.8 Å². The van der Waals surface area contributed by atoms with Gasteiger partial charge in [0.15, 0.2) is 11.6 Å². The molecular formula is C12H22N4O2. The summed E-state index contributed by atoms with van der Waals surface area (Å²) in [5, 5.41) is 6.36. The van der Waals surface area contributed by atoms with Crippen LogP contribution in [0.5, 0.6) is 5.75 Å². The average molecular weight is 254 g/mol. The van der Waals surface area contributed by atoms with Gasteiger partial charge in [0.05, 0.1) is 7.11 Å². The van der Waals surface area contributed by atoms with E-state index in [2.05, 4.69) is 20.6 Å². The van der Waals surface area contributed by atoms with Crippen molar-refractivity contribution in [2.45, 2.75) is 20.3 Å². The molecule has 6 heteroatoms. The summed E-state index contributed by atoms with van der Waals surface area (Å²) in [6, 6.07) is 0. The van der Waals surface area contributed by atoms with Crippen molar-refractivity contribution in [1.29, 1.82) is 0 Å². The lowest BCUT2D eigenvalue weighted by Crippen LogP contribution is -2.10. The third-order valence-electron chi connectivity index (χ3n) is 2.31. The van der Waals surface area contributed by atoms with Gasteiger partial charge in [-0.1, -0.05) is 0 Å². The molecule has 2 N–H and O–H groups in total.